The summed E-state index contributed by atoms with van der Waals surface area (Å²) in [5.74, 6) is -0.512. The molecule has 1 N–H and O–H groups in total. The van der Waals surface area contributed by atoms with Crippen molar-refractivity contribution in [2.75, 3.05) is 7.11 Å². The Labute approximate surface area is 150 Å². The highest BCUT2D eigenvalue weighted by Gasteiger charge is 2.20. The molecule has 0 saturated carbocycles. The molecule has 1 heterocycles. The van der Waals surface area contributed by atoms with Crippen molar-refractivity contribution in [3.63, 3.8) is 0 Å². The molecule has 0 atom stereocenters. The fourth-order valence-corrected chi connectivity index (χ4v) is 3.12. The lowest BCUT2D eigenvalue weighted by atomic mass is 9.97. The van der Waals surface area contributed by atoms with Crippen LogP contribution in [-0.2, 0) is 0 Å². The van der Waals surface area contributed by atoms with Crippen LogP contribution in [0.15, 0.2) is 42.5 Å². The van der Waals surface area contributed by atoms with E-state index in [2.05, 4.69) is 5.10 Å². The van der Waals surface area contributed by atoms with Crippen LogP contribution in [0.5, 0.6) is 5.75 Å². The Morgan fingerprint density at radius 3 is 2.60 bits per heavy atom. The van der Waals surface area contributed by atoms with Gasteiger partial charge in [-0.15, -0.1) is 0 Å². The zero-order chi connectivity index (χ0) is 18.1. The third-order valence-electron chi connectivity index (χ3n) is 4.07. The SMILES string of the molecule is COc1ccc(-c2c(C)nn(-c3cccc(Cl)c3)c2C)c(C(=O)O)c1. The number of hydrogen-bond acceptors (Lipinski definition) is 3. The average molecular weight is 357 g/mol. The van der Waals surface area contributed by atoms with Crippen LogP contribution in [-0.4, -0.2) is 28.0 Å². The van der Waals surface area contributed by atoms with Crippen molar-refractivity contribution in [2.24, 2.45) is 0 Å². The zero-order valence-corrected chi connectivity index (χ0v) is 14.8. The number of halogens is 1. The fraction of sp³-hybridized carbons (Fsp3) is 0.158. The van der Waals surface area contributed by atoms with E-state index in [1.54, 1.807) is 22.9 Å². The summed E-state index contributed by atoms with van der Waals surface area (Å²) in [7, 11) is 1.51. The molecule has 3 rings (SSSR count). The molecule has 0 aliphatic carbocycles. The first-order valence-corrected chi connectivity index (χ1v) is 8.04. The van der Waals surface area contributed by atoms with Gasteiger partial charge in [0.15, 0.2) is 0 Å². The van der Waals surface area contributed by atoms with E-state index in [-0.39, 0.29) is 5.56 Å². The van der Waals surface area contributed by atoms with Gasteiger partial charge in [0.25, 0.3) is 0 Å². The van der Waals surface area contributed by atoms with Crippen molar-refractivity contribution in [3.05, 3.63) is 64.4 Å². The molecule has 3 aromatic rings. The van der Waals surface area contributed by atoms with E-state index in [4.69, 9.17) is 16.3 Å². The Balaban J connectivity index is 2.21. The number of nitrogens with zero attached hydrogens (tertiary/aromatic N) is 2. The van der Waals surface area contributed by atoms with Gasteiger partial charge in [-0.25, -0.2) is 9.48 Å². The summed E-state index contributed by atoms with van der Waals surface area (Å²) in [6.45, 7) is 3.77. The standard InChI is InChI=1S/C19H17ClN2O3/c1-11-18(16-8-7-15(25-3)10-17(16)19(23)24)12(2)22(21-11)14-6-4-5-13(20)9-14/h4-10H,1-3H3,(H,23,24). The maximum Gasteiger partial charge on any atom is 0.336 e. The summed E-state index contributed by atoms with van der Waals surface area (Å²) in [5.41, 5.74) is 3.98. The van der Waals surface area contributed by atoms with Crippen LogP contribution in [0.2, 0.25) is 5.02 Å². The minimum Gasteiger partial charge on any atom is -0.497 e. The Kier molecular flexibility index (Phi) is 4.51. The monoisotopic (exact) mass is 356 g/mol. The lowest BCUT2D eigenvalue weighted by Gasteiger charge is -2.10. The predicted molar refractivity (Wildman–Crippen MR) is 97.0 cm³/mol. The van der Waals surface area contributed by atoms with Gasteiger partial charge < -0.3 is 9.84 Å². The first-order valence-electron chi connectivity index (χ1n) is 7.66. The summed E-state index contributed by atoms with van der Waals surface area (Å²) >= 11 is 6.08. The Morgan fingerprint density at radius 2 is 1.96 bits per heavy atom. The van der Waals surface area contributed by atoms with Crippen LogP contribution in [0.3, 0.4) is 0 Å². The number of carbonyl (C=O) groups is 1. The highest BCUT2D eigenvalue weighted by atomic mass is 35.5. The van der Waals surface area contributed by atoms with Crippen molar-refractivity contribution in [1.82, 2.24) is 9.78 Å². The van der Waals surface area contributed by atoms with Gasteiger partial charge in [0.05, 0.1) is 24.1 Å². The maximum absolute atomic E-state index is 11.7. The van der Waals surface area contributed by atoms with E-state index in [1.807, 2.05) is 32.0 Å². The number of methoxy groups -OCH3 is 1. The zero-order valence-electron chi connectivity index (χ0n) is 14.1. The molecule has 2 aromatic carbocycles. The first kappa shape index (κ1) is 17.0. The topological polar surface area (TPSA) is 64.4 Å². The van der Waals surface area contributed by atoms with Crippen LogP contribution < -0.4 is 4.74 Å². The molecule has 0 aliphatic rings. The number of ether oxygens (including phenoxy) is 1. The van der Waals surface area contributed by atoms with Crippen LogP contribution in [0.25, 0.3) is 16.8 Å². The highest BCUT2D eigenvalue weighted by Crippen LogP contribution is 2.33. The molecule has 0 radical (unpaired) electrons. The maximum atomic E-state index is 11.7. The van der Waals surface area contributed by atoms with E-state index in [0.717, 1.165) is 22.6 Å². The normalized spacial score (nSPS) is 10.7. The van der Waals surface area contributed by atoms with Crippen LogP contribution in [0.4, 0.5) is 0 Å². The van der Waals surface area contributed by atoms with Crippen LogP contribution in [0.1, 0.15) is 21.7 Å². The number of aromatic nitrogens is 2. The molecule has 0 aliphatic heterocycles. The summed E-state index contributed by atoms with van der Waals surface area (Å²) in [6.07, 6.45) is 0. The lowest BCUT2D eigenvalue weighted by Crippen LogP contribution is -2.02. The van der Waals surface area contributed by atoms with Gasteiger partial charge in [0.2, 0.25) is 0 Å². The smallest absolute Gasteiger partial charge is 0.336 e. The number of rotatable bonds is 4. The molecular weight excluding hydrogens is 340 g/mol. The minimum atomic E-state index is -1.01. The summed E-state index contributed by atoms with van der Waals surface area (Å²) in [5, 5.41) is 14.8. The Hall–Kier alpha value is -2.79. The molecule has 25 heavy (non-hydrogen) atoms. The van der Waals surface area contributed by atoms with Gasteiger partial charge in [-0.2, -0.15) is 5.10 Å². The van der Waals surface area contributed by atoms with Gasteiger partial charge in [-0.1, -0.05) is 17.7 Å². The number of hydrogen-bond donors (Lipinski definition) is 1. The van der Waals surface area contributed by atoms with E-state index in [0.29, 0.717) is 16.3 Å². The molecule has 1 aromatic heterocycles. The second-order valence-corrected chi connectivity index (χ2v) is 6.09. The molecule has 0 unspecified atom stereocenters. The van der Waals surface area contributed by atoms with Gasteiger partial charge in [0, 0.05) is 21.8 Å². The largest absolute Gasteiger partial charge is 0.497 e. The van der Waals surface area contributed by atoms with E-state index < -0.39 is 5.97 Å². The van der Waals surface area contributed by atoms with Gasteiger partial charge in [-0.3, -0.25) is 0 Å². The third-order valence-corrected chi connectivity index (χ3v) is 4.31. The second-order valence-electron chi connectivity index (χ2n) is 5.65. The molecule has 5 nitrogen and oxygen atoms in total. The number of carboxylic acids is 1. The van der Waals surface area contributed by atoms with E-state index >= 15 is 0 Å². The molecule has 0 spiro atoms. The molecule has 0 bridgehead atoms. The Bertz CT molecular complexity index is 963. The van der Waals surface area contributed by atoms with Crippen molar-refractivity contribution in [2.45, 2.75) is 13.8 Å². The molecule has 0 saturated heterocycles. The highest BCUT2D eigenvalue weighted by molar-refractivity contribution is 6.30. The Morgan fingerprint density at radius 1 is 1.20 bits per heavy atom. The summed E-state index contributed by atoms with van der Waals surface area (Å²) in [6, 6.07) is 12.4. The van der Waals surface area contributed by atoms with Crippen molar-refractivity contribution in [1.29, 1.82) is 0 Å². The van der Waals surface area contributed by atoms with Crippen molar-refractivity contribution >= 4 is 17.6 Å². The van der Waals surface area contributed by atoms with Crippen LogP contribution >= 0.6 is 11.6 Å². The molecular formula is C19H17ClN2O3. The molecule has 6 heteroatoms. The number of aryl methyl sites for hydroxylation is 1. The predicted octanol–water partition coefficient (Wildman–Crippen LogP) is 4.52. The number of benzene rings is 2. The lowest BCUT2D eigenvalue weighted by molar-refractivity contribution is 0.0697. The third kappa shape index (κ3) is 3.10. The first-order chi connectivity index (χ1) is 11.9. The molecule has 0 fully saturated rings. The second kappa shape index (κ2) is 6.61. The average Bonchev–Trinajstić information content (AvgIpc) is 2.88. The van der Waals surface area contributed by atoms with Crippen LogP contribution in [0, 0.1) is 13.8 Å². The van der Waals surface area contributed by atoms with Gasteiger partial charge >= 0.3 is 5.97 Å². The van der Waals surface area contributed by atoms with Gasteiger partial charge in [-0.05, 0) is 50.2 Å². The molecule has 128 valence electrons. The number of aromatic carboxylic acids is 1. The van der Waals surface area contributed by atoms with E-state index in [9.17, 15) is 9.90 Å². The quantitative estimate of drug-likeness (QED) is 0.746. The minimum absolute atomic E-state index is 0.177. The van der Waals surface area contributed by atoms with Crippen molar-refractivity contribution in [3.8, 4) is 22.6 Å². The summed E-state index contributed by atoms with van der Waals surface area (Å²) in [4.78, 5) is 11.7. The fourth-order valence-electron chi connectivity index (χ4n) is 2.94. The number of carboxylic acid groups (broad SMARTS) is 1. The van der Waals surface area contributed by atoms with Crippen molar-refractivity contribution < 1.29 is 14.6 Å². The molecule has 0 amide bonds. The van der Waals surface area contributed by atoms with E-state index in [1.165, 1.54) is 13.2 Å². The summed E-state index contributed by atoms with van der Waals surface area (Å²) < 4.78 is 6.92. The van der Waals surface area contributed by atoms with Gasteiger partial charge in [0.1, 0.15) is 5.75 Å².